The molecule has 1 aromatic heterocycles. The van der Waals surface area contributed by atoms with Crippen molar-refractivity contribution in [3.05, 3.63) is 36.2 Å². The third-order valence-corrected chi connectivity index (χ3v) is 1.91. The molecule has 82 valence electrons. The molecule has 0 saturated carbocycles. The summed E-state index contributed by atoms with van der Waals surface area (Å²) in [5.74, 6) is 0.793. The van der Waals surface area contributed by atoms with E-state index in [1.807, 2.05) is 38.1 Å². The van der Waals surface area contributed by atoms with Gasteiger partial charge in [0.05, 0.1) is 6.20 Å². The monoisotopic (exact) mass is 206 g/mol. The van der Waals surface area contributed by atoms with Gasteiger partial charge < -0.3 is 10.5 Å². The van der Waals surface area contributed by atoms with E-state index in [1.165, 1.54) is 0 Å². The fourth-order valence-corrected chi connectivity index (χ4v) is 1.19. The van der Waals surface area contributed by atoms with Gasteiger partial charge in [0.1, 0.15) is 12.4 Å². The van der Waals surface area contributed by atoms with Gasteiger partial charge in [-0.15, -0.1) is 0 Å². The number of nitrogens with zero attached hydrogens (tertiary/aromatic N) is 1. The molecule has 0 aliphatic rings. The maximum atomic E-state index is 5.68. The number of pyridine rings is 1. The molecule has 3 nitrogen and oxygen atoms in total. The molecule has 1 aromatic rings. The molecular weight excluding hydrogens is 188 g/mol. The minimum absolute atomic E-state index is 0.146. The Balaban J connectivity index is 2.48. The van der Waals surface area contributed by atoms with Gasteiger partial charge in [-0.3, -0.25) is 4.98 Å². The molecule has 1 heterocycles. The van der Waals surface area contributed by atoms with E-state index in [0.717, 1.165) is 17.9 Å². The average Bonchev–Trinajstić information content (AvgIpc) is 2.20. The topological polar surface area (TPSA) is 48.1 Å². The van der Waals surface area contributed by atoms with Crippen molar-refractivity contribution in [1.82, 2.24) is 4.98 Å². The third-order valence-electron chi connectivity index (χ3n) is 1.91. The van der Waals surface area contributed by atoms with E-state index in [4.69, 9.17) is 10.5 Å². The summed E-state index contributed by atoms with van der Waals surface area (Å²) in [6.07, 6.45) is 6.45. The maximum Gasteiger partial charge on any atom is 0.138 e. The third kappa shape index (κ3) is 4.61. The number of rotatable bonds is 5. The van der Waals surface area contributed by atoms with Crippen LogP contribution in [0.3, 0.4) is 0 Å². The van der Waals surface area contributed by atoms with Crippen molar-refractivity contribution >= 4 is 0 Å². The minimum Gasteiger partial charge on any atom is -0.488 e. The van der Waals surface area contributed by atoms with Crippen molar-refractivity contribution in [3.63, 3.8) is 0 Å². The molecule has 0 spiro atoms. The Morgan fingerprint density at radius 2 is 2.33 bits per heavy atom. The van der Waals surface area contributed by atoms with Gasteiger partial charge in [0.2, 0.25) is 0 Å². The fourth-order valence-electron chi connectivity index (χ4n) is 1.19. The molecule has 0 aromatic carbocycles. The molecule has 0 aliphatic carbocycles. The lowest BCUT2D eigenvalue weighted by molar-refractivity contribution is 0.361. The van der Waals surface area contributed by atoms with Crippen molar-refractivity contribution in [2.45, 2.75) is 26.3 Å². The number of nitrogens with two attached hydrogens (primary N) is 1. The lowest BCUT2D eigenvalue weighted by Crippen LogP contribution is -2.18. The maximum absolute atomic E-state index is 5.68. The molecule has 0 amide bonds. The quantitative estimate of drug-likeness (QED) is 0.749. The highest BCUT2D eigenvalue weighted by atomic mass is 16.5. The Hall–Kier alpha value is -1.35. The molecule has 0 radical (unpaired) electrons. The van der Waals surface area contributed by atoms with E-state index < -0.39 is 0 Å². The first kappa shape index (κ1) is 11.7. The van der Waals surface area contributed by atoms with Gasteiger partial charge in [-0.2, -0.15) is 0 Å². The highest BCUT2D eigenvalue weighted by Gasteiger charge is 1.99. The largest absolute Gasteiger partial charge is 0.488 e. The second kappa shape index (κ2) is 6.19. The Kier molecular flexibility index (Phi) is 4.84. The van der Waals surface area contributed by atoms with E-state index in [-0.39, 0.29) is 6.04 Å². The van der Waals surface area contributed by atoms with Crippen molar-refractivity contribution < 1.29 is 4.74 Å². The summed E-state index contributed by atoms with van der Waals surface area (Å²) in [6.45, 7) is 4.52. The van der Waals surface area contributed by atoms with Gasteiger partial charge in [-0.25, -0.2) is 0 Å². The number of aromatic nitrogens is 1. The Bertz CT molecular complexity index is 304. The van der Waals surface area contributed by atoms with Crippen molar-refractivity contribution in [3.8, 4) is 5.75 Å². The second-order valence-electron chi connectivity index (χ2n) is 3.55. The van der Waals surface area contributed by atoms with Gasteiger partial charge >= 0.3 is 0 Å². The molecule has 1 rings (SSSR count). The summed E-state index contributed by atoms with van der Waals surface area (Å²) < 4.78 is 5.43. The van der Waals surface area contributed by atoms with Crippen LogP contribution in [0.15, 0.2) is 30.5 Å². The van der Waals surface area contributed by atoms with Crippen molar-refractivity contribution in [2.75, 3.05) is 6.61 Å². The smallest absolute Gasteiger partial charge is 0.138 e. The van der Waals surface area contributed by atoms with Crippen LogP contribution >= 0.6 is 0 Å². The molecule has 0 fully saturated rings. The van der Waals surface area contributed by atoms with Crippen molar-refractivity contribution in [2.24, 2.45) is 5.73 Å². The van der Waals surface area contributed by atoms with Crippen molar-refractivity contribution in [1.29, 1.82) is 0 Å². The Morgan fingerprint density at radius 3 is 2.87 bits per heavy atom. The van der Waals surface area contributed by atoms with Gasteiger partial charge in [-0.05, 0) is 26.0 Å². The first-order valence-electron chi connectivity index (χ1n) is 5.17. The van der Waals surface area contributed by atoms with E-state index in [9.17, 15) is 0 Å². The molecule has 1 unspecified atom stereocenters. The van der Waals surface area contributed by atoms with Crippen LogP contribution in [0.4, 0.5) is 0 Å². The van der Waals surface area contributed by atoms with Crippen LogP contribution in [0, 0.1) is 0 Å². The summed E-state index contributed by atoms with van der Waals surface area (Å²) in [5.41, 5.74) is 6.68. The van der Waals surface area contributed by atoms with Crippen LogP contribution < -0.4 is 10.5 Å². The highest BCUT2D eigenvalue weighted by molar-refractivity contribution is 5.20. The zero-order chi connectivity index (χ0) is 11.1. The fraction of sp³-hybridized carbons (Fsp3) is 0.417. The summed E-state index contributed by atoms with van der Waals surface area (Å²) in [6, 6.07) is 4.02. The van der Waals surface area contributed by atoms with Crippen LogP contribution in [0.2, 0.25) is 0 Å². The van der Waals surface area contributed by atoms with Crippen LogP contribution in [-0.2, 0) is 6.42 Å². The zero-order valence-corrected chi connectivity index (χ0v) is 9.31. The second-order valence-corrected chi connectivity index (χ2v) is 3.55. The molecule has 2 N–H and O–H groups in total. The summed E-state index contributed by atoms with van der Waals surface area (Å²) in [4.78, 5) is 4.27. The standard InChI is InChI=1S/C12H18N2O/c1-3-4-7-15-12-6-5-11(14-9-12)8-10(2)13/h3-6,9-10H,7-8,13H2,1-2H3. The number of hydrogen-bond donors (Lipinski definition) is 1. The normalized spacial score (nSPS) is 13.0. The Labute approximate surface area is 91.0 Å². The number of ether oxygens (including phenoxy) is 1. The number of allylic oxidation sites excluding steroid dienone is 1. The van der Waals surface area contributed by atoms with E-state index in [1.54, 1.807) is 6.20 Å². The molecule has 0 aliphatic heterocycles. The first-order chi connectivity index (χ1) is 7.22. The summed E-state index contributed by atoms with van der Waals surface area (Å²) in [5, 5.41) is 0. The molecule has 0 bridgehead atoms. The SMILES string of the molecule is CC=CCOc1ccc(CC(C)N)nc1. The predicted molar refractivity (Wildman–Crippen MR) is 61.9 cm³/mol. The van der Waals surface area contributed by atoms with Crippen LogP contribution in [0.1, 0.15) is 19.5 Å². The van der Waals surface area contributed by atoms with E-state index in [0.29, 0.717) is 6.61 Å². The highest BCUT2D eigenvalue weighted by Crippen LogP contribution is 2.09. The molecule has 1 atom stereocenters. The average molecular weight is 206 g/mol. The van der Waals surface area contributed by atoms with Crippen LogP contribution in [0.25, 0.3) is 0 Å². The van der Waals surface area contributed by atoms with Gasteiger partial charge in [0.15, 0.2) is 0 Å². The van der Waals surface area contributed by atoms with E-state index >= 15 is 0 Å². The van der Waals surface area contributed by atoms with Gasteiger partial charge in [0.25, 0.3) is 0 Å². The predicted octanol–water partition coefficient (Wildman–Crippen LogP) is 1.93. The lowest BCUT2D eigenvalue weighted by Gasteiger charge is -2.06. The van der Waals surface area contributed by atoms with Gasteiger partial charge in [0, 0.05) is 18.2 Å². The summed E-state index contributed by atoms with van der Waals surface area (Å²) in [7, 11) is 0. The van der Waals surface area contributed by atoms with Crippen LogP contribution in [0.5, 0.6) is 5.75 Å². The Morgan fingerprint density at radius 1 is 1.53 bits per heavy atom. The first-order valence-corrected chi connectivity index (χ1v) is 5.17. The number of hydrogen-bond acceptors (Lipinski definition) is 3. The molecule has 3 heteroatoms. The molecular formula is C12H18N2O. The minimum atomic E-state index is 0.146. The lowest BCUT2D eigenvalue weighted by atomic mass is 10.2. The van der Waals surface area contributed by atoms with Crippen LogP contribution in [-0.4, -0.2) is 17.6 Å². The van der Waals surface area contributed by atoms with E-state index in [2.05, 4.69) is 4.98 Å². The molecule has 0 saturated heterocycles. The summed E-state index contributed by atoms with van der Waals surface area (Å²) >= 11 is 0. The van der Waals surface area contributed by atoms with Gasteiger partial charge in [-0.1, -0.05) is 12.2 Å². The molecule has 15 heavy (non-hydrogen) atoms. The zero-order valence-electron chi connectivity index (χ0n) is 9.31.